The zero-order chi connectivity index (χ0) is 9.61. The summed E-state index contributed by atoms with van der Waals surface area (Å²) in [7, 11) is -0.964. The lowest BCUT2D eigenvalue weighted by Gasteiger charge is -2.15. The molecule has 0 heterocycles. The van der Waals surface area contributed by atoms with Gasteiger partial charge in [-0.1, -0.05) is 0 Å². The van der Waals surface area contributed by atoms with Crippen LogP contribution in [0.2, 0.25) is 0 Å². The van der Waals surface area contributed by atoms with Crippen molar-refractivity contribution >= 4 is 7.60 Å². The highest BCUT2D eigenvalue weighted by atomic mass is 31.2. The van der Waals surface area contributed by atoms with Crippen LogP contribution in [-0.2, 0) is 14.0 Å². The van der Waals surface area contributed by atoms with Gasteiger partial charge in [0, 0.05) is 20.1 Å². The van der Waals surface area contributed by atoms with E-state index in [9.17, 15) is 4.57 Å². The van der Waals surface area contributed by atoms with Crippen LogP contribution >= 0.6 is 7.60 Å². The second-order valence-corrected chi connectivity index (χ2v) is 4.32. The van der Waals surface area contributed by atoms with Crippen LogP contribution < -0.4 is 0 Å². The third-order valence-corrected chi connectivity index (χ3v) is 2.29. The van der Waals surface area contributed by atoms with Gasteiger partial charge < -0.3 is 19.3 Å². The summed E-state index contributed by atoms with van der Waals surface area (Å²) in [6.45, 7) is 0.609. The van der Waals surface area contributed by atoms with Crippen LogP contribution in [0, 0.1) is 5.92 Å². The summed E-state index contributed by atoms with van der Waals surface area (Å²) < 4.78 is 20.1. The Morgan fingerprint density at radius 1 is 1.25 bits per heavy atom. The third-order valence-electron chi connectivity index (χ3n) is 1.30. The van der Waals surface area contributed by atoms with Crippen LogP contribution in [0.25, 0.3) is 0 Å². The maximum atomic E-state index is 10.6. The molecule has 0 aromatic heterocycles. The predicted octanol–water partition coefficient (Wildman–Crippen LogP) is 0.0731. The fourth-order valence-electron chi connectivity index (χ4n) is 0.961. The highest BCUT2D eigenvalue weighted by Gasteiger charge is 2.21. The molecular weight excluding hydrogens is 183 g/mol. The molecule has 0 rings (SSSR count). The van der Waals surface area contributed by atoms with Crippen molar-refractivity contribution in [3.63, 3.8) is 0 Å². The molecule has 0 atom stereocenters. The first-order valence-electron chi connectivity index (χ1n) is 3.52. The molecule has 74 valence electrons. The second-order valence-electron chi connectivity index (χ2n) is 2.62. The van der Waals surface area contributed by atoms with Gasteiger partial charge in [0.2, 0.25) is 0 Å². The van der Waals surface area contributed by atoms with Gasteiger partial charge in [0.1, 0.15) is 0 Å². The second kappa shape index (κ2) is 5.67. The molecular formula is C6H15O5P. The van der Waals surface area contributed by atoms with Crippen LogP contribution in [-0.4, -0.2) is 43.4 Å². The summed E-state index contributed by atoms with van der Waals surface area (Å²) in [6.07, 6.45) is -0.186. The van der Waals surface area contributed by atoms with Gasteiger partial charge in [-0.15, -0.1) is 0 Å². The van der Waals surface area contributed by atoms with Gasteiger partial charge in [0.25, 0.3) is 0 Å². The minimum atomic E-state index is -3.94. The molecule has 6 heteroatoms. The Morgan fingerprint density at radius 3 is 1.92 bits per heavy atom. The van der Waals surface area contributed by atoms with E-state index < -0.39 is 7.60 Å². The predicted molar refractivity (Wildman–Crippen MR) is 44.2 cm³/mol. The maximum Gasteiger partial charge on any atom is 0.326 e. The van der Waals surface area contributed by atoms with E-state index in [2.05, 4.69) is 0 Å². The lowest BCUT2D eigenvalue weighted by atomic mass is 10.2. The topological polar surface area (TPSA) is 76.0 Å². The van der Waals surface area contributed by atoms with E-state index in [-0.39, 0.29) is 12.1 Å². The first-order valence-corrected chi connectivity index (χ1v) is 5.31. The van der Waals surface area contributed by atoms with Crippen molar-refractivity contribution in [2.45, 2.75) is 0 Å². The smallest absolute Gasteiger partial charge is 0.326 e. The van der Waals surface area contributed by atoms with E-state index in [1.807, 2.05) is 0 Å². The van der Waals surface area contributed by atoms with Gasteiger partial charge in [-0.25, -0.2) is 0 Å². The fraction of sp³-hybridized carbons (Fsp3) is 1.00. The van der Waals surface area contributed by atoms with Crippen LogP contribution in [0.1, 0.15) is 0 Å². The monoisotopic (exact) mass is 198 g/mol. The van der Waals surface area contributed by atoms with Crippen molar-refractivity contribution in [1.82, 2.24) is 0 Å². The summed E-state index contributed by atoms with van der Waals surface area (Å²) in [4.78, 5) is 17.3. The van der Waals surface area contributed by atoms with Crippen molar-refractivity contribution in [3.05, 3.63) is 0 Å². The van der Waals surface area contributed by atoms with Crippen LogP contribution in [0.15, 0.2) is 0 Å². The van der Waals surface area contributed by atoms with Crippen molar-refractivity contribution < 1.29 is 23.8 Å². The van der Waals surface area contributed by atoms with Crippen molar-refractivity contribution in [3.8, 4) is 0 Å². The molecule has 0 amide bonds. The number of hydrogen-bond acceptors (Lipinski definition) is 3. The standard InChI is InChI=1S/C6H15O5P/c1-10-3-6(4-11-2)5-12(7,8)9/h6H,3-5H2,1-2H3,(H2,7,8,9). The highest BCUT2D eigenvalue weighted by Crippen LogP contribution is 2.36. The van der Waals surface area contributed by atoms with E-state index in [1.54, 1.807) is 0 Å². The zero-order valence-corrected chi connectivity index (χ0v) is 8.16. The molecule has 0 radical (unpaired) electrons. The molecule has 12 heavy (non-hydrogen) atoms. The molecule has 0 saturated heterocycles. The summed E-state index contributed by atoms with van der Waals surface area (Å²) in [6, 6.07) is 0. The number of hydrogen-bond donors (Lipinski definition) is 2. The molecule has 0 aliphatic heterocycles. The third kappa shape index (κ3) is 6.76. The number of rotatable bonds is 6. The van der Waals surface area contributed by atoms with Crippen LogP contribution in [0.5, 0.6) is 0 Å². The minimum Gasteiger partial charge on any atom is -0.384 e. The average Bonchev–Trinajstić information content (AvgIpc) is 1.84. The van der Waals surface area contributed by atoms with E-state index >= 15 is 0 Å². The van der Waals surface area contributed by atoms with Gasteiger partial charge in [0.15, 0.2) is 0 Å². The summed E-state index contributed by atoms with van der Waals surface area (Å²) >= 11 is 0. The van der Waals surface area contributed by atoms with Gasteiger partial charge in [-0.2, -0.15) is 0 Å². The lowest BCUT2D eigenvalue weighted by Crippen LogP contribution is -2.18. The van der Waals surface area contributed by atoms with E-state index in [0.29, 0.717) is 13.2 Å². The first kappa shape index (κ1) is 12.1. The first-order chi connectivity index (χ1) is 5.49. The van der Waals surface area contributed by atoms with Gasteiger partial charge >= 0.3 is 7.60 Å². The number of methoxy groups -OCH3 is 2. The normalized spacial score (nSPS) is 12.4. The van der Waals surface area contributed by atoms with Gasteiger partial charge in [-0.05, 0) is 0 Å². The van der Waals surface area contributed by atoms with Crippen LogP contribution in [0.4, 0.5) is 0 Å². The average molecular weight is 198 g/mol. The zero-order valence-electron chi connectivity index (χ0n) is 7.27. The molecule has 0 fully saturated rings. The molecule has 0 aromatic rings. The van der Waals surface area contributed by atoms with Crippen molar-refractivity contribution in [1.29, 1.82) is 0 Å². The molecule has 0 unspecified atom stereocenters. The van der Waals surface area contributed by atoms with E-state index in [1.165, 1.54) is 14.2 Å². The molecule has 0 saturated carbocycles. The molecule has 0 aliphatic rings. The van der Waals surface area contributed by atoms with Crippen molar-refractivity contribution in [2.24, 2.45) is 5.92 Å². The van der Waals surface area contributed by atoms with Gasteiger partial charge in [-0.3, -0.25) is 4.57 Å². The largest absolute Gasteiger partial charge is 0.384 e. The Bertz CT molecular complexity index is 148. The van der Waals surface area contributed by atoms with Crippen LogP contribution in [0.3, 0.4) is 0 Å². The summed E-state index contributed by atoms with van der Waals surface area (Å²) in [5.74, 6) is -0.235. The quantitative estimate of drug-likeness (QED) is 0.591. The Balaban J connectivity index is 3.86. The molecule has 0 bridgehead atoms. The SMILES string of the molecule is COCC(COC)CP(=O)(O)O. The van der Waals surface area contributed by atoms with Gasteiger partial charge in [0.05, 0.1) is 19.4 Å². The lowest BCUT2D eigenvalue weighted by molar-refractivity contribution is 0.0921. The molecule has 2 N–H and O–H groups in total. The highest BCUT2D eigenvalue weighted by molar-refractivity contribution is 7.51. The molecule has 0 aromatic carbocycles. The Hall–Kier alpha value is 0.0700. The van der Waals surface area contributed by atoms with Crippen molar-refractivity contribution in [2.75, 3.05) is 33.6 Å². The van der Waals surface area contributed by atoms with E-state index in [4.69, 9.17) is 19.3 Å². The Kier molecular flexibility index (Phi) is 5.70. The fourth-order valence-corrected chi connectivity index (χ4v) is 1.84. The minimum absolute atomic E-state index is 0.186. The Morgan fingerprint density at radius 2 is 1.67 bits per heavy atom. The molecule has 5 nitrogen and oxygen atoms in total. The summed E-state index contributed by atoms with van der Waals surface area (Å²) in [5.41, 5.74) is 0. The molecule has 0 spiro atoms. The maximum absolute atomic E-state index is 10.6. The Labute approximate surface area is 71.8 Å². The summed E-state index contributed by atoms with van der Waals surface area (Å²) in [5, 5.41) is 0. The van der Waals surface area contributed by atoms with E-state index in [0.717, 1.165) is 0 Å². The number of ether oxygens (including phenoxy) is 2. The molecule has 0 aliphatic carbocycles.